The normalized spacial score (nSPS) is 10.2. The Labute approximate surface area is 164 Å². The molecule has 29 heavy (non-hydrogen) atoms. The Kier molecular flexibility index (Phi) is 5.79. The van der Waals surface area contributed by atoms with E-state index < -0.39 is 11.6 Å². The predicted octanol–water partition coefficient (Wildman–Crippen LogP) is 2.65. The minimum Gasteiger partial charge on any atom is -0.487 e. The van der Waals surface area contributed by atoms with Crippen molar-refractivity contribution in [3.63, 3.8) is 0 Å². The molecule has 6 nitrogen and oxygen atoms in total. The predicted molar refractivity (Wildman–Crippen MR) is 101 cm³/mol. The second-order valence-corrected chi connectivity index (χ2v) is 6.12. The molecule has 0 saturated carbocycles. The summed E-state index contributed by atoms with van der Waals surface area (Å²) in [5.74, 6) is 3.49. The second-order valence-electron chi connectivity index (χ2n) is 6.12. The lowest BCUT2D eigenvalue weighted by atomic mass is 10.2. The maximum Gasteiger partial charge on any atom is 0.259 e. The maximum atomic E-state index is 13.7. The molecule has 0 saturated heterocycles. The Morgan fingerprint density at radius 3 is 2.62 bits per heavy atom. The molecule has 0 aliphatic rings. The molecule has 0 aliphatic heterocycles. The van der Waals surface area contributed by atoms with E-state index in [1.165, 1.54) is 10.6 Å². The average Bonchev–Trinajstić information content (AvgIpc) is 2.67. The summed E-state index contributed by atoms with van der Waals surface area (Å²) in [6.45, 7) is 3.24. The number of pyridine rings is 3. The first-order chi connectivity index (χ1) is 13.9. The summed E-state index contributed by atoms with van der Waals surface area (Å²) in [6, 6.07) is 5.19. The zero-order valence-electron chi connectivity index (χ0n) is 15.6. The smallest absolute Gasteiger partial charge is 0.259 e. The summed E-state index contributed by atoms with van der Waals surface area (Å²) in [7, 11) is 0. The molecule has 0 spiro atoms. The van der Waals surface area contributed by atoms with Gasteiger partial charge >= 0.3 is 0 Å². The Balaban J connectivity index is 1.92. The molecule has 3 aromatic heterocycles. The fourth-order valence-corrected chi connectivity index (χ4v) is 2.69. The molecule has 0 radical (unpaired) electrons. The number of aromatic nitrogens is 3. The van der Waals surface area contributed by atoms with Crippen LogP contribution in [0, 0.1) is 37.3 Å². The van der Waals surface area contributed by atoms with Gasteiger partial charge in [0.15, 0.2) is 12.1 Å². The summed E-state index contributed by atoms with van der Waals surface area (Å²) in [5, 5.41) is 0. The number of aldehydes is 1. The number of carbonyl (C=O) groups excluding carboxylic acids is 1. The molecule has 3 heterocycles. The molecule has 0 bridgehead atoms. The van der Waals surface area contributed by atoms with Gasteiger partial charge in [-0.2, -0.15) is 0 Å². The van der Waals surface area contributed by atoms with E-state index in [0.717, 1.165) is 11.8 Å². The van der Waals surface area contributed by atoms with Gasteiger partial charge in [0.25, 0.3) is 5.56 Å². The van der Waals surface area contributed by atoms with Gasteiger partial charge in [-0.05, 0) is 37.3 Å². The third-order valence-electron chi connectivity index (χ3n) is 4.02. The molecule has 0 amide bonds. The van der Waals surface area contributed by atoms with Crippen LogP contribution < -0.4 is 10.3 Å². The first-order valence-corrected chi connectivity index (χ1v) is 8.47. The first-order valence-electron chi connectivity index (χ1n) is 8.47. The van der Waals surface area contributed by atoms with Crippen molar-refractivity contribution in [3.8, 4) is 23.3 Å². The van der Waals surface area contributed by atoms with Gasteiger partial charge in [0.05, 0.1) is 11.9 Å². The van der Waals surface area contributed by atoms with Crippen molar-refractivity contribution in [2.75, 3.05) is 0 Å². The van der Waals surface area contributed by atoms with Gasteiger partial charge in [0.1, 0.15) is 29.6 Å². The quantitative estimate of drug-likeness (QED) is 0.502. The van der Waals surface area contributed by atoms with Crippen LogP contribution in [-0.4, -0.2) is 20.8 Å². The van der Waals surface area contributed by atoms with E-state index in [-0.39, 0.29) is 23.6 Å². The van der Waals surface area contributed by atoms with E-state index in [4.69, 9.17) is 4.74 Å². The Hall–Kier alpha value is -3.86. The highest BCUT2D eigenvalue weighted by atomic mass is 19.1. The van der Waals surface area contributed by atoms with Crippen LogP contribution in [0.25, 0.3) is 5.69 Å². The van der Waals surface area contributed by atoms with Crippen molar-refractivity contribution >= 4 is 6.29 Å². The van der Waals surface area contributed by atoms with Crippen molar-refractivity contribution in [1.82, 2.24) is 14.5 Å². The highest BCUT2D eigenvalue weighted by molar-refractivity contribution is 5.73. The molecule has 146 valence electrons. The van der Waals surface area contributed by atoms with Gasteiger partial charge in [-0.15, -0.1) is 0 Å². The monoisotopic (exact) mass is 395 g/mol. The highest BCUT2D eigenvalue weighted by Gasteiger charge is 2.12. The van der Waals surface area contributed by atoms with E-state index in [9.17, 15) is 18.4 Å². The number of hydrogen-bond acceptors (Lipinski definition) is 5. The molecule has 8 heteroatoms. The van der Waals surface area contributed by atoms with Crippen LogP contribution in [0.2, 0.25) is 0 Å². The minimum absolute atomic E-state index is 0.0726. The number of aryl methyl sites for hydroxylation is 2. The third kappa shape index (κ3) is 4.52. The van der Waals surface area contributed by atoms with Gasteiger partial charge in [0, 0.05) is 30.1 Å². The van der Waals surface area contributed by atoms with Crippen LogP contribution in [0.4, 0.5) is 8.78 Å². The van der Waals surface area contributed by atoms with Gasteiger partial charge in [-0.3, -0.25) is 19.1 Å². The highest BCUT2D eigenvalue weighted by Crippen LogP contribution is 2.19. The molecule has 3 rings (SSSR count). The lowest BCUT2D eigenvalue weighted by Gasteiger charge is -2.14. The minimum atomic E-state index is -0.827. The van der Waals surface area contributed by atoms with Crippen LogP contribution in [0.5, 0.6) is 5.75 Å². The fourth-order valence-electron chi connectivity index (χ4n) is 2.69. The number of hydrogen-bond donors (Lipinski definition) is 0. The Bertz CT molecular complexity index is 1210. The van der Waals surface area contributed by atoms with Crippen LogP contribution in [0.3, 0.4) is 0 Å². The largest absolute Gasteiger partial charge is 0.487 e. The first kappa shape index (κ1) is 19.9. The number of carbonyl (C=O) groups is 1. The van der Waals surface area contributed by atoms with E-state index in [1.54, 1.807) is 32.2 Å². The van der Waals surface area contributed by atoms with E-state index >= 15 is 0 Å². The van der Waals surface area contributed by atoms with E-state index in [1.807, 2.05) is 0 Å². The van der Waals surface area contributed by atoms with Gasteiger partial charge in [-0.1, -0.05) is 0 Å². The summed E-state index contributed by atoms with van der Waals surface area (Å²) < 4.78 is 33.5. The third-order valence-corrected chi connectivity index (χ3v) is 4.02. The van der Waals surface area contributed by atoms with Crippen LogP contribution in [-0.2, 0) is 11.4 Å². The number of rotatable bonds is 4. The molecular formula is C21H15F2N3O3. The Morgan fingerprint density at radius 2 is 1.93 bits per heavy atom. The zero-order valence-corrected chi connectivity index (χ0v) is 15.6. The molecule has 0 aliphatic carbocycles. The molecule has 3 aromatic rings. The lowest BCUT2D eigenvalue weighted by molar-refractivity contribution is -0.103. The lowest BCUT2D eigenvalue weighted by Crippen LogP contribution is -2.21. The van der Waals surface area contributed by atoms with Gasteiger partial charge < -0.3 is 4.74 Å². The molecule has 0 N–H and O–H groups in total. The van der Waals surface area contributed by atoms with Crippen molar-refractivity contribution in [1.29, 1.82) is 0 Å². The standard InChI is InChI=1S/C21H15F2N3O3/c1-13-10-24-16(4-3-5-27)8-20(13)26-14(2)6-17(9-21(26)28)29-12-19-18(23)7-15(22)11-25-19/h5-11H,12H2,1-2H3. The molecular weight excluding hydrogens is 380 g/mol. The average molecular weight is 395 g/mol. The number of halogens is 2. The maximum absolute atomic E-state index is 13.7. The topological polar surface area (TPSA) is 74.1 Å². The van der Waals surface area contributed by atoms with E-state index in [0.29, 0.717) is 29.4 Å². The summed E-state index contributed by atoms with van der Waals surface area (Å²) >= 11 is 0. The van der Waals surface area contributed by atoms with Gasteiger partial charge in [0.2, 0.25) is 0 Å². The number of ether oxygens (including phenoxy) is 1. The zero-order chi connectivity index (χ0) is 21.0. The van der Waals surface area contributed by atoms with Crippen molar-refractivity contribution in [3.05, 3.63) is 81.3 Å². The second kappa shape index (κ2) is 8.44. The van der Waals surface area contributed by atoms with Crippen molar-refractivity contribution in [2.24, 2.45) is 0 Å². The summed E-state index contributed by atoms with van der Waals surface area (Å²) in [6.07, 6.45) is 2.91. The van der Waals surface area contributed by atoms with Gasteiger partial charge in [-0.25, -0.2) is 13.8 Å². The molecule has 0 unspecified atom stereocenters. The fraction of sp³-hybridized carbons (Fsp3) is 0.143. The van der Waals surface area contributed by atoms with Crippen molar-refractivity contribution < 1.29 is 18.3 Å². The van der Waals surface area contributed by atoms with Crippen LogP contribution >= 0.6 is 0 Å². The van der Waals surface area contributed by atoms with E-state index in [2.05, 4.69) is 21.8 Å². The van der Waals surface area contributed by atoms with Crippen LogP contribution in [0.15, 0.2) is 41.5 Å². The number of nitrogens with zero attached hydrogens (tertiary/aromatic N) is 3. The molecule has 0 fully saturated rings. The Morgan fingerprint density at radius 1 is 1.14 bits per heavy atom. The SMILES string of the molecule is Cc1cnc(C#CC=O)cc1-n1c(C)cc(OCc2ncc(F)cc2F)cc1=O. The molecule has 0 aromatic carbocycles. The van der Waals surface area contributed by atoms with Crippen LogP contribution in [0.1, 0.15) is 22.6 Å². The summed E-state index contributed by atoms with van der Waals surface area (Å²) in [5.41, 5.74) is 1.76. The van der Waals surface area contributed by atoms with Crippen molar-refractivity contribution in [2.45, 2.75) is 20.5 Å². The summed E-state index contributed by atoms with van der Waals surface area (Å²) in [4.78, 5) is 30.9. The molecule has 0 atom stereocenters.